The topological polar surface area (TPSA) is 53.5 Å². The Morgan fingerprint density at radius 3 is 2.67 bits per heavy atom. The molecule has 4 nitrogen and oxygen atoms in total. The van der Waals surface area contributed by atoms with Gasteiger partial charge in [-0.2, -0.15) is 13.2 Å². The summed E-state index contributed by atoms with van der Waals surface area (Å²) in [5, 5.41) is 4.07. The molecule has 0 bridgehead atoms. The molecule has 0 radical (unpaired) electrons. The van der Waals surface area contributed by atoms with E-state index in [0.717, 1.165) is 0 Å². The largest absolute Gasteiger partial charge is 0.471 e. The fourth-order valence-electron chi connectivity index (χ4n) is 0.660. The Hall–Kier alpha value is -1.27. The maximum absolute atomic E-state index is 11.6. The molecule has 1 aliphatic rings. The predicted molar refractivity (Wildman–Crippen MR) is 34.5 cm³/mol. The highest BCUT2D eigenvalue weighted by atomic mass is 19.4. The summed E-state index contributed by atoms with van der Waals surface area (Å²) in [5.74, 6) is -2.12. The van der Waals surface area contributed by atoms with Gasteiger partial charge in [-0.1, -0.05) is 0 Å². The van der Waals surface area contributed by atoms with E-state index in [-0.39, 0.29) is 5.96 Å². The summed E-state index contributed by atoms with van der Waals surface area (Å²) in [5.41, 5.74) is 0. The Labute approximate surface area is 65.8 Å². The van der Waals surface area contributed by atoms with E-state index in [1.807, 2.05) is 0 Å². The molecule has 0 unspecified atom stereocenters. The highest BCUT2D eigenvalue weighted by Gasteiger charge is 2.39. The first-order chi connectivity index (χ1) is 5.50. The second-order valence-corrected chi connectivity index (χ2v) is 2.11. The molecule has 0 saturated heterocycles. The van der Waals surface area contributed by atoms with Crippen LogP contribution in [0, 0.1) is 0 Å². The number of alkyl halides is 3. The smallest absolute Gasteiger partial charge is 0.354 e. The zero-order valence-electron chi connectivity index (χ0n) is 5.90. The van der Waals surface area contributed by atoms with Gasteiger partial charge in [-0.25, -0.2) is 0 Å². The van der Waals surface area contributed by atoms with Gasteiger partial charge in [0.15, 0.2) is 5.96 Å². The van der Waals surface area contributed by atoms with Gasteiger partial charge in [-0.15, -0.1) is 0 Å². The molecule has 0 aliphatic carbocycles. The van der Waals surface area contributed by atoms with Crippen molar-refractivity contribution in [2.75, 3.05) is 13.1 Å². The highest BCUT2D eigenvalue weighted by Crippen LogP contribution is 2.13. The minimum absolute atomic E-state index is 0.114. The quantitative estimate of drug-likeness (QED) is 0.535. The minimum Gasteiger partial charge on any atom is -0.354 e. The number of carbonyl (C=O) groups excluding carboxylic acids is 1. The summed E-state index contributed by atoms with van der Waals surface area (Å²) < 4.78 is 34.8. The summed E-state index contributed by atoms with van der Waals surface area (Å²) in [4.78, 5) is 13.8. The molecule has 0 atom stereocenters. The van der Waals surface area contributed by atoms with E-state index in [1.54, 1.807) is 5.32 Å². The number of nitrogens with zero attached hydrogens (tertiary/aromatic N) is 1. The molecule has 1 amide bonds. The fraction of sp³-hybridized carbons (Fsp3) is 0.600. The first-order valence-electron chi connectivity index (χ1n) is 3.16. The second-order valence-electron chi connectivity index (χ2n) is 2.11. The van der Waals surface area contributed by atoms with Crippen LogP contribution in [0.2, 0.25) is 0 Å². The van der Waals surface area contributed by atoms with Crippen molar-refractivity contribution < 1.29 is 18.0 Å². The zero-order valence-corrected chi connectivity index (χ0v) is 5.90. The maximum Gasteiger partial charge on any atom is 0.471 e. The van der Waals surface area contributed by atoms with E-state index in [2.05, 4.69) is 10.3 Å². The highest BCUT2D eigenvalue weighted by molar-refractivity contribution is 5.99. The molecule has 0 spiro atoms. The van der Waals surface area contributed by atoms with Gasteiger partial charge in [-0.05, 0) is 0 Å². The molecule has 1 rings (SSSR count). The summed E-state index contributed by atoms with van der Waals surface area (Å²) >= 11 is 0. The van der Waals surface area contributed by atoms with Crippen LogP contribution in [0.1, 0.15) is 0 Å². The molecule has 0 aromatic heterocycles. The number of hydrogen-bond acceptors (Lipinski definition) is 3. The Balaban J connectivity index is 2.46. The number of hydrogen-bond donors (Lipinski definition) is 2. The summed E-state index contributed by atoms with van der Waals surface area (Å²) in [7, 11) is 0. The fourth-order valence-corrected chi connectivity index (χ4v) is 0.660. The Kier molecular flexibility index (Phi) is 2.20. The molecule has 0 saturated carbocycles. The number of halogens is 3. The minimum atomic E-state index is -4.85. The van der Waals surface area contributed by atoms with E-state index in [4.69, 9.17) is 0 Å². The molecule has 2 N–H and O–H groups in total. The van der Waals surface area contributed by atoms with Crippen molar-refractivity contribution in [3.8, 4) is 0 Å². The van der Waals surface area contributed by atoms with Gasteiger partial charge in [0, 0.05) is 6.54 Å². The summed E-state index contributed by atoms with van der Waals surface area (Å²) in [6, 6.07) is 0. The third kappa shape index (κ3) is 2.11. The van der Waals surface area contributed by atoms with Gasteiger partial charge in [-0.3, -0.25) is 15.1 Å². The van der Waals surface area contributed by atoms with Crippen LogP contribution in [0.5, 0.6) is 0 Å². The monoisotopic (exact) mass is 181 g/mol. The molecule has 0 fully saturated rings. The van der Waals surface area contributed by atoms with E-state index < -0.39 is 12.1 Å². The maximum atomic E-state index is 11.6. The van der Waals surface area contributed by atoms with E-state index in [1.165, 1.54) is 0 Å². The van der Waals surface area contributed by atoms with Crippen LogP contribution in [-0.4, -0.2) is 31.1 Å². The number of aliphatic imine (C=N–C) groups is 1. The molecular weight excluding hydrogens is 175 g/mol. The molecule has 12 heavy (non-hydrogen) atoms. The molecule has 7 heteroatoms. The second kappa shape index (κ2) is 3.00. The molecule has 1 heterocycles. The van der Waals surface area contributed by atoms with Crippen LogP contribution in [0.4, 0.5) is 13.2 Å². The van der Waals surface area contributed by atoms with Crippen molar-refractivity contribution in [2.45, 2.75) is 6.18 Å². The van der Waals surface area contributed by atoms with Crippen LogP contribution in [0.25, 0.3) is 0 Å². The predicted octanol–water partition coefficient (Wildman–Crippen LogP) is -0.376. The third-order valence-electron chi connectivity index (χ3n) is 1.16. The van der Waals surface area contributed by atoms with Crippen molar-refractivity contribution in [1.82, 2.24) is 10.6 Å². The van der Waals surface area contributed by atoms with Crippen LogP contribution in [0.3, 0.4) is 0 Å². The molecule has 0 aromatic carbocycles. The van der Waals surface area contributed by atoms with Gasteiger partial charge in [0.25, 0.3) is 0 Å². The molecule has 68 valence electrons. The van der Waals surface area contributed by atoms with Crippen molar-refractivity contribution in [2.24, 2.45) is 4.99 Å². The van der Waals surface area contributed by atoms with E-state index in [0.29, 0.717) is 13.1 Å². The SMILES string of the molecule is O=C(NC1=NCCN1)C(F)(F)F. The van der Waals surface area contributed by atoms with E-state index >= 15 is 0 Å². The standard InChI is InChI=1S/C5H6F3N3O/c6-5(7,8)3(12)11-4-9-1-2-10-4/h1-2H2,(H2,9,10,11,12). The van der Waals surface area contributed by atoms with Crippen molar-refractivity contribution in [1.29, 1.82) is 0 Å². The number of nitrogens with one attached hydrogen (secondary N) is 2. The van der Waals surface area contributed by atoms with Crippen LogP contribution in [0.15, 0.2) is 4.99 Å². The number of guanidine groups is 1. The Bertz CT molecular complexity index is 222. The molecule has 1 aliphatic heterocycles. The summed E-state index contributed by atoms with van der Waals surface area (Å²) in [6.45, 7) is 0.834. The average molecular weight is 181 g/mol. The average Bonchev–Trinajstić information content (AvgIpc) is 2.37. The third-order valence-corrected chi connectivity index (χ3v) is 1.16. The lowest BCUT2D eigenvalue weighted by molar-refractivity contribution is -0.171. The molecule has 0 aromatic rings. The van der Waals surface area contributed by atoms with Gasteiger partial charge in [0.05, 0.1) is 6.54 Å². The number of rotatable bonds is 0. The van der Waals surface area contributed by atoms with Crippen molar-refractivity contribution in [3.63, 3.8) is 0 Å². The van der Waals surface area contributed by atoms with Gasteiger partial charge in [0.2, 0.25) is 0 Å². The Morgan fingerprint density at radius 1 is 1.58 bits per heavy atom. The van der Waals surface area contributed by atoms with E-state index in [9.17, 15) is 18.0 Å². The zero-order chi connectivity index (χ0) is 9.19. The van der Waals surface area contributed by atoms with Gasteiger partial charge < -0.3 is 5.32 Å². The Morgan fingerprint density at radius 2 is 2.25 bits per heavy atom. The first-order valence-corrected chi connectivity index (χ1v) is 3.16. The number of amides is 1. The lowest BCUT2D eigenvalue weighted by Crippen LogP contribution is -2.44. The van der Waals surface area contributed by atoms with Crippen molar-refractivity contribution in [3.05, 3.63) is 0 Å². The molecular formula is C5H6F3N3O. The first kappa shape index (κ1) is 8.82. The number of carbonyl (C=O) groups is 1. The lowest BCUT2D eigenvalue weighted by Gasteiger charge is -2.06. The summed E-state index contributed by atoms with van der Waals surface area (Å²) in [6.07, 6.45) is -4.85. The van der Waals surface area contributed by atoms with Crippen LogP contribution < -0.4 is 10.6 Å². The van der Waals surface area contributed by atoms with Crippen molar-refractivity contribution >= 4 is 11.9 Å². The van der Waals surface area contributed by atoms with Crippen LogP contribution >= 0.6 is 0 Å². The normalized spacial score (nSPS) is 16.8. The lowest BCUT2D eigenvalue weighted by atomic mass is 10.6. The van der Waals surface area contributed by atoms with Crippen LogP contribution in [-0.2, 0) is 4.79 Å². The van der Waals surface area contributed by atoms with Gasteiger partial charge in [0.1, 0.15) is 0 Å². The van der Waals surface area contributed by atoms with Gasteiger partial charge >= 0.3 is 12.1 Å².